The molecular weight excluding hydrogens is 299 g/mol. The number of halogens is 5. The van der Waals surface area contributed by atoms with E-state index in [-0.39, 0.29) is 25.7 Å². The van der Waals surface area contributed by atoms with Gasteiger partial charge in [0.25, 0.3) is 0 Å². The van der Waals surface area contributed by atoms with Gasteiger partial charge in [-0.3, -0.25) is 0 Å². The van der Waals surface area contributed by atoms with Crippen molar-refractivity contribution in [3.63, 3.8) is 0 Å². The lowest BCUT2D eigenvalue weighted by Crippen LogP contribution is -2.45. The maximum absolute atomic E-state index is 13.7. The van der Waals surface area contributed by atoms with Crippen molar-refractivity contribution in [3.05, 3.63) is 29.1 Å². The van der Waals surface area contributed by atoms with E-state index in [1.807, 2.05) is 0 Å². The van der Waals surface area contributed by atoms with Crippen LogP contribution in [0.3, 0.4) is 0 Å². The molecule has 1 rings (SSSR count). The standard InChI is InChI=1S/C12H14F5O2Si/c1-3-18-5-20(6-19-4-2)12-10(16)8(14)7(13)9(15)11(12)17/h3-6H2,1-2H3. The van der Waals surface area contributed by atoms with E-state index in [0.717, 1.165) is 0 Å². The second-order valence-electron chi connectivity index (χ2n) is 3.82. The van der Waals surface area contributed by atoms with Crippen molar-refractivity contribution in [1.29, 1.82) is 0 Å². The molecule has 2 nitrogen and oxygen atoms in total. The summed E-state index contributed by atoms with van der Waals surface area (Å²) >= 11 is 0. The first-order chi connectivity index (χ1) is 9.45. The SMILES string of the molecule is CCOC[Si](COCC)c1c(F)c(F)c(F)c(F)c1F. The molecule has 0 bridgehead atoms. The van der Waals surface area contributed by atoms with Crippen LogP contribution >= 0.6 is 0 Å². The average Bonchev–Trinajstić information content (AvgIpc) is 2.45. The first-order valence-corrected chi connectivity index (χ1v) is 7.89. The molecule has 0 spiro atoms. The van der Waals surface area contributed by atoms with Gasteiger partial charge in [0.15, 0.2) is 32.1 Å². The Morgan fingerprint density at radius 2 is 1.05 bits per heavy atom. The van der Waals surface area contributed by atoms with E-state index < -0.39 is 43.1 Å². The van der Waals surface area contributed by atoms with Gasteiger partial charge in [-0.25, -0.2) is 22.0 Å². The Bertz CT molecular complexity index is 433. The van der Waals surface area contributed by atoms with Crippen molar-refractivity contribution >= 4 is 14.0 Å². The lowest BCUT2D eigenvalue weighted by Gasteiger charge is -2.17. The van der Waals surface area contributed by atoms with Gasteiger partial charge in [-0.15, -0.1) is 0 Å². The molecule has 8 heteroatoms. The predicted octanol–water partition coefficient (Wildman–Crippen LogP) is 2.24. The minimum absolute atomic E-state index is 0.0977. The number of ether oxygens (including phenoxy) is 2. The smallest absolute Gasteiger partial charge is 0.200 e. The van der Waals surface area contributed by atoms with E-state index in [1.54, 1.807) is 13.8 Å². The van der Waals surface area contributed by atoms with E-state index in [0.29, 0.717) is 0 Å². The summed E-state index contributed by atoms with van der Waals surface area (Å²) in [5, 5.41) is -0.798. The molecule has 0 aliphatic heterocycles. The summed E-state index contributed by atoms with van der Waals surface area (Å²) in [4.78, 5) is 0. The number of benzene rings is 1. The van der Waals surface area contributed by atoms with Gasteiger partial charge in [-0.1, -0.05) is 0 Å². The van der Waals surface area contributed by atoms with E-state index in [1.165, 1.54) is 0 Å². The maximum Gasteiger partial charge on any atom is 0.200 e. The molecule has 20 heavy (non-hydrogen) atoms. The van der Waals surface area contributed by atoms with Crippen molar-refractivity contribution in [2.75, 3.05) is 25.7 Å². The summed E-state index contributed by atoms with van der Waals surface area (Å²) in [7, 11) is -2.21. The molecule has 1 aromatic carbocycles. The second-order valence-corrected chi connectivity index (χ2v) is 6.11. The third kappa shape index (κ3) is 3.56. The molecule has 0 amide bonds. The summed E-state index contributed by atoms with van der Waals surface area (Å²) in [6.45, 7) is 3.88. The van der Waals surface area contributed by atoms with Gasteiger partial charge >= 0.3 is 0 Å². The fourth-order valence-corrected chi connectivity index (χ4v) is 3.67. The van der Waals surface area contributed by atoms with Crippen LogP contribution in [-0.2, 0) is 9.47 Å². The van der Waals surface area contributed by atoms with Crippen LogP contribution in [0.4, 0.5) is 22.0 Å². The molecule has 0 saturated carbocycles. The van der Waals surface area contributed by atoms with Crippen molar-refractivity contribution in [2.24, 2.45) is 0 Å². The highest BCUT2D eigenvalue weighted by Crippen LogP contribution is 2.17. The zero-order valence-electron chi connectivity index (χ0n) is 11.0. The molecule has 0 aliphatic carbocycles. The number of hydrogen-bond acceptors (Lipinski definition) is 2. The van der Waals surface area contributed by atoms with Gasteiger partial charge in [0.1, 0.15) is 0 Å². The van der Waals surface area contributed by atoms with Gasteiger partial charge in [0, 0.05) is 30.9 Å². The summed E-state index contributed by atoms with van der Waals surface area (Å²) in [6, 6.07) is 0. The van der Waals surface area contributed by atoms with E-state index in [4.69, 9.17) is 9.47 Å². The average molecular weight is 313 g/mol. The van der Waals surface area contributed by atoms with Crippen LogP contribution in [-0.4, -0.2) is 34.5 Å². The predicted molar refractivity (Wildman–Crippen MR) is 64.6 cm³/mol. The molecule has 0 fully saturated rings. The topological polar surface area (TPSA) is 18.5 Å². The molecule has 0 atom stereocenters. The Hall–Kier alpha value is -0.993. The zero-order chi connectivity index (χ0) is 15.3. The fraction of sp³-hybridized carbons (Fsp3) is 0.500. The largest absolute Gasteiger partial charge is 0.385 e. The summed E-state index contributed by atoms with van der Waals surface area (Å²) < 4.78 is 76.9. The van der Waals surface area contributed by atoms with Crippen LogP contribution in [0.15, 0.2) is 0 Å². The van der Waals surface area contributed by atoms with E-state index >= 15 is 0 Å². The second kappa shape index (κ2) is 7.70. The Morgan fingerprint density at radius 1 is 0.700 bits per heavy atom. The zero-order valence-corrected chi connectivity index (χ0v) is 12.0. The third-order valence-corrected chi connectivity index (χ3v) is 4.78. The van der Waals surface area contributed by atoms with Crippen molar-refractivity contribution in [3.8, 4) is 0 Å². The van der Waals surface area contributed by atoms with Crippen LogP contribution in [0.2, 0.25) is 0 Å². The monoisotopic (exact) mass is 313 g/mol. The van der Waals surface area contributed by atoms with Gasteiger partial charge in [0.2, 0.25) is 5.82 Å². The lowest BCUT2D eigenvalue weighted by atomic mass is 10.3. The van der Waals surface area contributed by atoms with Crippen molar-refractivity contribution in [1.82, 2.24) is 0 Å². The van der Waals surface area contributed by atoms with Gasteiger partial charge < -0.3 is 9.47 Å². The first-order valence-electron chi connectivity index (χ1n) is 5.97. The van der Waals surface area contributed by atoms with Crippen LogP contribution in [0.1, 0.15) is 13.8 Å². The molecule has 1 aromatic rings. The van der Waals surface area contributed by atoms with Gasteiger partial charge in [-0.05, 0) is 13.8 Å². The van der Waals surface area contributed by atoms with Crippen molar-refractivity contribution < 1.29 is 31.4 Å². The number of hydrogen-bond donors (Lipinski definition) is 0. The normalized spacial score (nSPS) is 11.4. The van der Waals surface area contributed by atoms with E-state index in [9.17, 15) is 22.0 Å². The summed E-state index contributed by atoms with van der Waals surface area (Å²) in [6.07, 6.45) is -0.195. The minimum Gasteiger partial charge on any atom is -0.385 e. The molecule has 0 saturated heterocycles. The highest BCUT2D eigenvalue weighted by Gasteiger charge is 2.31. The Balaban J connectivity index is 3.24. The van der Waals surface area contributed by atoms with Crippen LogP contribution < -0.4 is 5.19 Å². The molecule has 0 unspecified atom stereocenters. The first kappa shape index (κ1) is 17.1. The summed E-state index contributed by atoms with van der Waals surface area (Å²) in [5.74, 6) is -9.62. The quantitative estimate of drug-likeness (QED) is 0.333. The Kier molecular flexibility index (Phi) is 6.57. The maximum atomic E-state index is 13.7. The van der Waals surface area contributed by atoms with Crippen LogP contribution in [0.5, 0.6) is 0 Å². The van der Waals surface area contributed by atoms with Crippen LogP contribution in [0, 0.1) is 29.1 Å². The van der Waals surface area contributed by atoms with Gasteiger partial charge in [0.05, 0.1) is 0 Å². The Morgan fingerprint density at radius 3 is 1.40 bits per heavy atom. The lowest BCUT2D eigenvalue weighted by molar-refractivity contribution is 0.168. The Labute approximate surface area is 115 Å². The van der Waals surface area contributed by atoms with Crippen LogP contribution in [0.25, 0.3) is 0 Å². The molecule has 0 aliphatic rings. The molecule has 0 aromatic heterocycles. The molecule has 0 N–H and O–H groups in total. The van der Waals surface area contributed by atoms with Crippen molar-refractivity contribution in [2.45, 2.75) is 13.8 Å². The van der Waals surface area contributed by atoms with Gasteiger partial charge in [-0.2, -0.15) is 0 Å². The highest BCUT2D eigenvalue weighted by molar-refractivity contribution is 6.73. The minimum atomic E-state index is -2.21. The molecular formula is C12H14F5O2Si. The fourth-order valence-electron chi connectivity index (χ4n) is 1.55. The molecule has 0 heterocycles. The number of rotatable bonds is 7. The van der Waals surface area contributed by atoms with E-state index in [2.05, 4.69) is 0 Å². The molecule has 113 valence electrons. The third-order valence-electron chi connectivity index (χ3n) is 2.52. The molecule has 1 radical (unpaired) electrons. The highest BCUT2D eigenvalue weighted by atomic mass is 28.3. The summed E-state index contributed by atoms with van der Waals surface area (Å²) in [5.41, 5.74) is 0.